The van der Waals surface area contributed by atoms with E-state index in [0.29, 0.717) is 6.42 Å². The number of aryl methyl sites for hydroxylation is 1. The molecule has 0 aromatic heterocycles. The topological polar surface area (TPSA) is 55.5 Å². The minimum absolute atomic E-state index is 0.0788. The van der Waals surface area contributed by atoms with Crippen LogP contribution in [0.5, 0.6) is 5.75 Å². The number of aliphatic hydroxyl groups excluding tert-OH is 1. The molecule has 2 atom stereocenters. The quantitative estimate of drug-likeness (QED) is 0.816. The Labute approximate surface area is 96.2 Å². The van der Waals surface area contributed by atoms with E-state index < -0.39 is 0 Å². The molecular formula is C13H19NO2. The fourth-order valence-electron chi connectivity index (χ4n) is 2.27. The summed E-state index contributed by atoms with van der Waals surface area (Å²) in [5, 5.41) is 8.90. The lowest BCUT2D eigenvalue weighted by Crippen LogP contribution is -2.12. The maximum absolute atomic E-state index is 8.90. The summed E-state index contributed by atoms with van der Waals surface area (Å²) in [4.78, 5) is 0. The molecule has 2 rings (SSSR count). The fraction of sp³-hybridized carbons (Fsp3) is 0.538. The zero-order valence-electron chi connectivity index (χ0n) is 9.86. The molecule has 0 aliphatic carbocycles. The standard InChI is InChI=1S/C13H19NO2/c1-8-5-10(12(14)3-4-15)7-11-6-9(2)16-13(8)11/h5,7,9,12,15H,3-4,6,14H2,1-2H3. The maximum Gasteiger partial charge on any atom is 0.125 e. The lowest BCUT2D eigenvalue weighted by Gasteiger charge is -2.13. The van der Waals surface area contributed by atoms with E-state index in [1.54, 1.807) is 0 Å². The Morgan fingerprint density at radius 1 is 1.56 bits per heavy atom. The van der Waals surface area contributed by atoms with Gasteiger partial charge in [0.15, 0.2) is 0 Å². The van der Waals surface area contributed by atoms with Gasteiger partial charge in [-0.2, -0.15) is 0 Å². The Balaban J connectivity index is 2.31. The smallest absolute Gasteiger partial charge is 0.125 e. The van der Waals surface area contributed by atoms with E-state index in [4.69, 9.17) is 15.6 Å². The summed E-state index contributed by atoms with van der Waals surface area (Å²) < 4.78 is 5.74. The van der Waals surface area contributed by atoms with Gasteiger partial charge in [-0.1, -0.05) is 12.1 Å². The van der Waals surface area contributed by atoms with Gasteiger partial charge >= 0.3 is 0 Å². The number of rotatable bonds is 3. The Morgan fingerprint density at radius 3 is 3.00 bits per heavy atom. The third-order valence-electron chi connectivity index (χ3n) is 3.07. The van der Waals surface area contributed by atoms with Crippen molar-refractivity contribution < 1.29 is 9.84 Å². The average Bonchev–Trinajstić information content (AvgIpc) is 2.59. The molecule has 0 spiro atoms. The van der Waals surface area contributed by atoms with Gasteiger partial charge in [0.1, 0.15) is 11.9 Å². The second-order valence-corrected chi connectivity index (χ2v) is 4.58. The van der Waals surface area contributed by atoms with Crippen LogP contribution in [0.15, 0.2) is 12.1 Å². The molecule has 1 heterocycles. The van der Waals surface area contributed by atoms with E-state index in [0.717, 1.165) is 23.3 Å². The summed E-state index contributed by atoms with van der Waals surface area (Å²) in [5.74, 6) is 1.02. The number of ether oxygens (including phenoxy) is 1. The van der Waals surface area contributed by atoms with Crippen LogP contribution < -0.4 is 10.5 Å². The molecule has 0 fully saturated rings. The van der Waals surface area contributed by atoms with Crippen molar-refractivity contribution in [3.63, 3.8) is 0 Å². The van der Waals surface area contributed by atoms with Gasteiger partial charge < -0.3 is 15.6 Å². The molecule has 1 aliphatic rings. The molecule has 0 saturated carbocycles. The normalized spacial score (nSPS) is 20.4. The Hall–Kier alpha value is -1.06. The zero-order chi connectivity index (χ0) is 11.7. The van der Waals surface area contributed by atoms with Gasteiger partial charge in [0.05, 0.1) is 0 Å². The molecule has 0 radical (unpaired) electrons. The Bertz CT molecular complexity index is 390. The first-order valence-electron chi connectivity index (χ1n) is 5.78. The molecule has 1 aliphatic heterocycles. The minimum atomic E-state index is -0.0788. The van der Waals surface area contributed by atoms with Crippen molar-refractivity contribution in [2.24, 2.45) is 5.73 Å². The summed E-state index contributed by atoms with van der Waals surface area (Å²) in [7, 11) is 0. The van der Waals surface area contributed by atoms with Crippen LogP contribution in [-0.4, -0.2) is 17.8 Å². The first kappa shape index (κ1) is 11.4. The first-order valence-corrected chi connectivity index (χ1v) is 5.78. The first-order chi connectivity index (χ1) is 7.61. The summed E-state index contributed by atoms with van der Waals surface area (Å²) in [6.45, 7) is 4.25. The van der Waals surface area contributed by atoms with Crippen molar-refractivity contribution in [3.05, 3.63) is 28.8 Å². The highest BCUT2D eigenvalue weighted by molar-refractivity contribution is 5.47. The summed E-state index contributed by atoms with van der Waals surface area (Å²) in [6.07, 6.45) is 1.82. The molecule has 88 valence electrons. The summed E-state index contributed by atoms with van der Waals surface area (Å²) >= 11 is 0. The highest BCUT2D eigenvalue weighted by atomic mass is 16.5. The van der Waals surface area contributed by atoms with E-state index in [2.05, 4.69) is 19.1 Å². The third kappa shape index (κ3) is 2.06. The van der Waals surface area contributed by atoms with Crippen LogP contribution in [0.4, 0.5) is 0 Å². The highest BCUT2D eigenvalue weighted by Gasteiger charge is 2.22. The maximum atomic E-state index is 8.90. The predicted octanol–water partition coefficient (Wildman–Crippen LogP) is 1.70. The predicted molar refractivity (Wildman–Crippen MR) is 63.6 cm³/mol. The largest absolute Gasteiger partial charge is 0.490 e. The molecule has 16 heavy (non-hydrogen) atoms. The summed E-state index contributed by atoms with van der Waals surface area (Å²) in [6, 6.07) is 4.11. The molecule has 3 nitrogen and oxygen atoms in total. The van der Waals surface area contributed by atoms with Crippen LogP contribution >= 0.6 is 0 Å². The fourth-order valence-corrected chi connectivity index (χ4v) is 2.27. The Morgan fingerprint density at radius 2 is 2.31 bits per heavy atom. The van der Waals surface area contributed by atoms with E-state index in [1.807, 2.05) is 6.92 Å². The second-order valence-electron chi connectivity index (χ2n) is 4.58. The van der Waals surface area contributed by atoms with Crippen LogP contribution in [0.1, 0.15) is 36.1 Å². The number of hydrogen-bond acceptors (Lipinski definition) is 3. The molecule has 0 amide bonds. The van der Waals surface area contributed by atoms with Crippen LogP contribution in [0.3, 0.4) is 0 Å². The lowest BCUT2D eigenvalue weighted by molar-refractivity contribution is 0.253. The van der Waals surface area contributed by atoms with E-state index in [1.165, 1.54) is 5.56 Å². The van der Waals surface area contributed by atoms with Crippen molar-refractivity contribution in [1.29, 1.82) is 0 Å². The van der Waals surface area contributed by atoms with Gasteiger partial charge in [-0.3, -0.25) is 0 Å². The van der Waals surface area contributed by atoms with Gasteiger partial charge in [-0.25, -0.2) is 0 Å². The van der Waals surface area contributed by atoms with Crippen molar-refractivity contribution in [3.8, 4) is 5.75 Å². The van der Waals surface area contributed by atoms with Crippen LogP contribution in [0.25, 0.3) is 0 Å². The number of fused-ring (bicyclic) bond motifs is 1. The lowest BCUT2D eigenvalue weighted by atomic mass is 9.97. The van der Waals surface area contributed by atoms with Gasteiger partial charge in [-0.05, 0) is 37.0 Å². The average molecular weight is 221 g/mol. The van der Waals surface area contributed by atoms with Crippen molar-refractivity contribution in [2.75, 3.05) is 6.61 Å². The number of hydrogen-bond donors (Lipinski definition) is 2. The SMILES string of the molecule is Cc1cc(C(N)CCO)cc2c1OC(C)C2. The van der Waals surface area contributed by atoms with Crippen LogP contribution in [0, 0.1) is 6.92 Å². The monoisotopic (exact) mass is 221 g/mol. The molecule has 1 aromatic rings. The molecule has 1 aromatic carbocycles. The zero-order valence-corrected chi connectivity index (χ0v) is 9.86. The molecule has 2 unspecified atom stereocenters. The van der Waals surface area contributed by atoms with Gasteiger partial charge in [0.25, 0.3) is 0 Å². The van der Waals surface area contributed by atoms with E-state index in [9.17, 15) is 0 Å². The third-order valence-corrected chi connectivity index (χ3v) is 3.07. The molecule has 0 bridgehead atoms. The van der Waals surface area contributed by atoms with Gasteiger partial charge in [-0.15, -0.1) is 0 Å². The number of aliphatic hydroxyl groups is 1. The number of nitrogens with two attached hydrogens (primary N) is 1. The Kier molecular flexibility index (Phi) is 3.17. The van der Waals surface area contributed by atoms with Crippen molar-refractivity contribution >= 4 is 0 Å². The molecule has 3 heteroatoms. The summed E-state index contributed by atoms with van der Waals surface area (Å²) in [5.41, 5.74) is 9.49. The highest BCUT2D eigenvalue weighted by Crippen LogP contribution is 2.34. The number of benzene rings is 1. The van der Waals surface area contributed by atoms with Crippen molar-refractivity contribution in [1.82, 2.24) is 0 Å². The molecular weight excluding hydrogens is 202 g/mol. The van der Waals surface area contributed by atoms with Crippen molar-refractivity contribution in [2.45, 2.75) is 38.8 Å². The second kappa shape index (κ2) is 4.44. The minimum Gasteiger partial charge on any atom is -0.490 e. The van der Waals surface area contributed by atoms with E-state index in [-0.39, 0.29) is 18.8 Å². The van der Waals surface area contributed by atoms with Crippen LogP contribution in [-0.2, 0) is 6.42 Å². The van der Waals surface area contributed by atoms with Gasteiger partial charge in [0, 0.05) is 19.1 Å². The van der Waals surface area contributed by atoms with Gasteiger partial charge in [0.2, 0.25) is 0 Å². The van der Waals surface area contributed by atoms with E-state index >= 15 is 0 Å². The molecule has 0 saturated heterocycles. The van der Waals surface area contributed by atoms with Crippen LogP contribution in [0.2, 0.25) is 0 Å². The molecule has 3 N–H and O–H groups in total.